The summed E-state index contributed by atoms with van der Waals surface area (Å²) in [5.41, 5.74) is 7.57. The lowest BCUT2D eigenvalue weighted by atomic mass is 10.0. The van der Waals surface area contributed by atoms with E-state index in [0.29, 0.717) is 6.04 Å². The molecule has 2 aromatic rings. The number of nitrogens with one attached hydrogen (secondary N) is 1. The van der Waals surface area contributed by atoms with Crippen molar-refractivity contribution >= 4 is 11.3 Å². The van der Waals surface area contributed by atoms with Gasteiger partial charge in [-0.25, -0.2) is 0 Å². The van der Waals surface area contributed by atoms with Crippen LogP contribution in [0.25, 0.3) is 0 Å². The molecule has 2 heterocycles. The maximum absolute atomic E-state index is 6.35. The standard InChI is InChI=1S/C17H26N2OS/c1-3-10-19-16(13-9-11-20-12-13)7-6-15(18)17-8-5-14(4-2)21-17/h5,8-9,11-12,15-16,19H,3-4,6-7,10,18H2,1-2H3. The van der Waals surface area contributed by atoms with E-state index < -0.39 is 0 Å². The molecule has 3 N–H and O–H groups in total. The molecule has 21 heavy (non-hydrogen) atoms. The molecule has 0 radical (unpaired) electrons. The van der Waals surface area contributed by atoms with Crippen molar-refractivity contribution in [1.82, 2.24) is 5.32 Å². The molecular weight excluding hydrogens is 280 g/mol. The largest absolute Gasteiger partial charge is 0.472 e. The van der Waals surface area contributed by atoms with Crippen LogP contribution in [0.1, 0.15) is 60.5 Å². The molecule has 4 heteroatoms. The van der Waals surface area contributed by atoms with Crippen LogP contribution >= 0.6 is 11.3 Å². The fourth-order valence-corrected chi connectivity index (χ4v) is 3.44. The van der Waals surface area contributed by atoms with Crippen molar-refractivity contribution in [3.8, 4) is 0 Å². The molecule has 0 fully saturated rings. The second-order valence-corrected chi connectivity index (χ2v) is 6.60. The zero-order chi connectivity index (χ0) is 15.1. The van der Waals surface area contributed by atoms with Crippen LogP contribution in [-0.2, 0) is 6.42 Å². The van der Waals surface area contributed by atoms with Gasteiger partial charge in [-0.3, -0.25) is 0 Å². The molecule has 0 aromatic carbocycles. The van der Waals surface area contributed by atoms with Crippen LogP contribution in [0.5, 0.6) is 0 Å². The quantitative estimate of drug-likeness (QED) is 0.721. The second-order valence-electron chi connectivity index (χ2n) is 5.40. The smallest absolute Gasteiger partial charge is 0.0950 e. The van der Waals surface area contributed by atoms with Gasteiger partial charge in [-0.1, -0.05) is 13.8 Å². The lowest BCUT2D eigenvalue weighted by molar-refractivity contribution is 0.455. The molecule has 0 amide bonds. The summed E-state index contributed by atoms with van der Waals surface area (Å²) in [4.78, 5) is 2.71. The van der Waals surface area contributed by atoms with Gasteiger partial charge in [0.15, 0.2) is 0 Å². The highest BCUT2D eigenvalue weighted by molar-refractivity contribution is 7.12. The van der Waals surface area contributed by atoms with Gasteiger partial charge in [-0.15, -0.1) is 11.3 Å². The number of furan rings is 1. The first-order chi connectivity index (χ1) is 10.2. The van der Waals surface area contributed by atoms with E-state index in [1.165, 1.54) is 15.3 Å². The molecule has 0 aliphatic rings. The van der Waals surface area contributed by atoms with Crippen LogP contribution < -0.4 is 11.1 Å². The SMILES string of the molecule is CCCNC(CCC(N)c1ccc(CC)s1)c1ccoc1. The van der Waals surface area contributed by atoms with Crippen molar-refractivity contribution in [2.45, 2.75) is 51.6 Å². The molecule has 0 aliphatic heterocycles. The Morgan fingerprint density at radius 1 is 1.24 bits per heavy atom. The molecular formula is C17H26N2OS. The van der Waals surface area contributed by atoms with Crippen LogP contribution in [0.15, 0.2) is 35.1 Å². The van der Waals surface area contributed by atoms with Gasteiger partial charge in [-0.2, -0.15) is 0 Å². The predicted molar refractivity (Wildman–Crippen MR) is 89.6 cm³/mol. The van der Waals surface area contributed by atoms with Crippen LogP contribution in [0.4, 0.5) is 0 Å². The summed E-state index contributed by atoms with van der Waals surface area (Å²) in [6.07, 6.45) is 7.80. The minimum absolute atomic E-state index is 0.133. The predicted octanol–water partition coefficient (Wildman–Crippen LogP) is 4.42. The summed E-state index contributed by atoms with van der Waals surface area (Å²) in [6.45, 7) is 5.39. The van der Waals surface area contributed by atoms with Crippen LogP contribution in [-0.4, -0.2) is 6.54 Å². The van der Waals surface area contributed by atoms with E-state index in [2.05, 4.69) is 31.3 Å². The van der Waals surface area contributed by atoms with E-state index in [0.717, 1.165) is 32.2 Å². The van der Waals surface area contributed by atoms with Gasteiger partial charge in [-0.05, 0) is 50.4 Å². The van der Waals surface area contributed by atoms with Gasteiger partial charge in [0.1, 0.15) is 0 Å². The Labute approximate surface area is 131 Å². The molecule has 116 valence electrons. The van der Waals surface area contributed by atoms with E-state index >= 15 is 0 Å². The normalized spacial score (nSPS) is 14.2. The summed E-state index contributed by atoms with van der Waals surface area (Å²) in [6, 6.07) is 6.89. The average molecular weight is 306 g/mol. The maximum Gasteiger partial charge on any atom is 0.0950 e. The van der Waals surface area contributed by atoms with Gasteiger partial charge in [0.25, 0.3) is 0 Å². The van der Waals surface area contributed by atoms with E-state index in [1.807, 2.05) is 23.7 Å². The van der Waals surface area contributed by atoms with Crippen molar-refractivity contribution in [1.29, 1.82) is 0 Å². The number of hydrogen-bond donors (Lipinski definition) is 2. The zero-order valence-corrected chi connectivity index (χ0v) is 13.8. The molecule has 0 spiro atoms. The number of thiophene rings is 1. The van der Waals surface area contributed by atoms with E-state index in [9.17, 15) is 0 Å². The summed E-state index contributed by atoms with van der Waals surface area (Å²) in [7, 11) is 0. The van der Waals surface area contributed by atoms with Crippen molar-refractivity contribution in [3.05, 3.63) is 46.0 Å². The number of rotatable bonds is 9. The van der Waals surface area contributed by atoms with Gasteiger partial charge in [0.2, 0.25) is 0 Å². The van der Waals surface area contributed by atoms with E-state index in [1.54, 1.807) is 6.26 Å². The molecule has 2 unspecified atom stereocenters. The first-order valence-corrected chi connectivity index (χ1v) is 8.65. The molecule has 2 rings (SSSR count). The Bertz CT molecular complexity index is 507. The van der Waals surface area contributed by atoms with Crippen molar-refractivity contribution < 1.29 is 4.42 Å². The first kappa shape index (κ1) is 16.3. The fraction of sp³-hybridized carbons (Fsp3) is 0.529. The average Bonchev–Trinajstić information content (AvgIpc) is 3.18. The topological polar surface area (TPSA) is 51.2 Å². The summed E-state index contributed by atoms with van der Waals surface area (Å²) >= 11 is 1.84. The minimum Gasteiger partial charge on any atom is -0.472 e. The number of aryl methyl sites for hydroxylation is 1. The third kappa shape index (κ3) is 4.70. The Morgan fingerprint density at radius 2 is 2.10 bits per heavy atom. The highest BCUT2D eigenvalue weighted by atomic mass is 32.1. The fourth-order valence-electron chi connectivity index (χ4n) is 2.45. The van der Waals surface area contributed by atoms with Gasteiger partial charge in [0.05, 0.1) is 12.5 Å². The highest BCUT2D eigenvalue weighted by Gasteiger charge is 2.15. The monoisotopic (exact) mass is 306 g/mol. The first-order valence-electron chi connectivity index (χ1n) is 7.84. The van der Waals surface area contributed by atoms with Crippen LogP contribution in [0.3, 0.4) is 0 Å². The maximum atomic E-state index is 6.35. The van der Waals surface area contributed by atoms with Crippen molar-refractivity contribution in [3.63, 3.8) is 0 Å². The van der Waals surface area contributed by atoms with Gasteiger partial charge < -0.3 is 15.5 Å². The Kier molecular flexibility index (Phi) is 6.49. The molecule has 2 aromatic heterocycles. The van der Waals surface area contributed by atoms with Crippen molar-refractivity contribution in [2.75, 3.05) is 6.54 Å². The number of nitrogens with two attached hydrogens (primary N) is 1. The number of hydrogen-bond acceptors (Lipinski definition) is 4. The highest BCUT2D eigenvalue weighted by Crippen LogP contribution is 2.28. The molecule has 0 saturated carbocycles. The van der Waals surface area contributed by atoms with E-state index in [4.69, 9.17) is 10.2 Å². The molecule has 0 bridgehead atoms. The van der Waals surface area contributed by atoms with E-state index in [-0.39, 0.29) is 6.04 Å². The van der Waals surface area contributed by atoms with Crippen molar-refractivity contribution in [2.24, 2.45) is 5.73 Å². The Hall–Kier alpha value is -1.10. The van der Waals surface area contributed by atoms with Gasteiger partial charge in [0, 0.05) is 27.4 Å². The molecule has 3 nitrogen and oxygen atoms in total. The summed E-state index contributed by atoms with van der Waals surface area (Å²) in [5.74, 6) is 0. The lowest BCUT2D eigenvalue weighted by Gasteiger charge is -2.19. The lowest BCUT2D eigenvalue weighted by Crippen LogP contribution is -2.23. The van der Waals surface area contributed by atoms with Crippen LogP contribution in [0, 0.1) is 0 Å². The second kappa shape index (κ2) is 8.37. The zero-order valence-electron chi connectivity index (χ0n) is 13.0. The van der Waals surface area contributed by atoms with Gasteiger partial charge >= 0.3 is 0 Å². The Morgan fingerprint density at radius 3 is 2.71 bits per heavy atom. The summed E-state index contributed by atoms with van der Waals surface area (Å²) in [5, 5.41) is 3.58. The third-order valence-electron chi connectivity index (χ3n) is 3.75. The van der Waals surface area contributed by atoms with Crippen LogP contribution in [0.2, 0.25) is 0 Å². The third-order valence-corrected chi connectivity index (χ3v) is 5.11. The molecule has 0 aliphatic carbocycles. The molecule has 0 saturated heterocycles. The summed E-state index contributed by atoms with van der Waals surface area (Å²) < 4.78 is 5.22. The molecule has 2 atom stereocenters. The Balaban J connectivity index is 1.91. The minimum atomic E-state index is 0.133.